The number of anilines is 1. The Morgan fingerprint density at radius 3 is 3.00 bits per heavy atom. The molecule has 0 saturated carbocycles. The van der Waals surface area contributed by atoms with Gasteiger partial charge in [0.1, 0.15) is 24.0 Å². The number of hydrogen-bond donors (Lipinski definition) is 2. The fraction of sp³-hybridized carbons (Fsp3) is 0.375. The van der Waals surface area contributed by atoms with Crippen LogP contribution in [0, 0.1) is 0 Å². The third-order valence-corrected chi connectivity index (χ3v) is 3.61. The summed E-state index contributed by atoms with van der Waals surface area (Å²) >= 11 is 0. The van der Waals surface area contributed by atoms with E-state index in [1.54, 1.807) is 11.1 Å². The number of hydrogen-bond acceptors (Lipinski definition) is 5. The van der Waals surface area contributed by atoms with Crippen LogP contribution >= 0.6 is 0 Å². The van der Waals surface area contributed by atoms with Crippen molar-refractivity contribution in [2.45, 2.75) is 19.8 Å². The molecule has 1 aromatic carbocycles. The number of nitrogen functional groups attached to an aromatic ring is 1. The molecule has 0 saturated heterocycles. The summed E-state index contributed by atoms with van der Waals surface area (Å²) in [7, 11) is 0. The van der Waals surface area contributed by atoms with Crippen molar-refractivity contribution < 1.29 is 4.84 Å². The highest BCUT2D eigenvalue weighted by atomic mass is 16.7. The van der Waals surface area contributed by atoms with Gasteiger partial charge in [-0.2, -0.15) is 4.73 Å². The van der Waals surface area contributed by atoms with Crippen LogP contribution in [0.2, 0.25) is 0 Å². The highest BCUT2D eigenvalue weighted by Crippen LogP contribution is 2.26. The number of nitrogens with one attached hydrogen (secondary N) is 1. The Kier molecular flexibility index (Phi) is 4.39. The van der Waals surface area contributed by atoms with Gasteiger partial charge < -0.3 is 15.9 Å². The fourth-order valence-electron chi connectivity index (χ4n) is 2.51. The fourth-order valence-corrected chi connectivity index (χ4v) is 2.51. The zero-order chi connectivity index (χ0) is 15.4. The van der Waals surface area contributed by atoms with Gasteiger partial charge in [0, 0.05) is 5.39 Å². The first-order chi connectivity index (χ1) is 10.8. The van der Waals surface area contributed by atoms with Crippen molar-refractivity contribution in [1.82, 2.24) is 20.0 Å². The Morgan fingerprint density at radius 1 is 1.27 bits per heavy atom. The molecule has 0 aliphatic heterocycles. The number of fused-ring (bicyclic) bond motifs is 3. The van der Waals surface area contributed by atoms with Crippen LogP contribution in [0.4, 0.5) is 5.82 Å². The molecular formula is C16H21N5O. The number of unbranched alkanes of at least 4 members (excludes halogenated alkanes) is 1. The number of rotatable bonds is 7. The van der Waals surface area contributed by atoms with E-state index in [4.69, 9.17) is 10.6 Å². The molecule has 6 heteroatoms. The maximum Gasteiger partial charge on any atom is 0.152 e. The molecule has 116 valence electrons. The van der Waals surface area contributed by atoms with E-state index in [0.29, 0.717) is 17.9 Å². The molecule has 0 bridgehead atoms. The molecule has 3 N–H and O–H groups in total. The molecule has 0 aliphatic rings. The lowest BCUT2D eigenvalue weighted by molar-refractivity contribution is 0.116. The van der Waals surface area contributed by atoms with Gasteiger partial charge >= 0.3 is 0 Å². The third-order valence-electron chi connectivity index (χ3n) is 3.61. The van der Waals surface area contributed by atoms with Gasteiger partial charge in [0.2, 0.25) is 0 Å². The van der Waals surface area contributed by atoms with E-state index in [1.165, 1.54) is 0 Å². The number of pyridine rings is 1. The number of para-hydroxylation sites is 1. The van der Waals surface area contributed by atoms with Crippen molar-refractivity contribution in [3.8, 4) is 0 Å². The van der Waals surface area contributed by atoms with Crippen LogP contribution in [0.1, 0.15) is 19.8 Å². The summed E-state index contributed by atoms with van der Waals surface area (Å²) in [5, 5.41) is 4.30. The van der Waals surface area contributed by atoms with Gasteiger partial charge in [-0.1, -0.05) is 25.1 Å². The monoisotopic (exact) mass is 299 g/mol. The van der Waals surface area contributed by atoms with Crippen molar-refractivity contribution in [1.29, 1.82) is 0 Å². The molecule has 2 heterocycles. The number of nitrogens with zero attached hydrogens (tertiary/aromatic N) is 3. The second-order valence-electron chi connectivity index (χ2n) is 5.18. The summed E-state index contributed by atoms with van der Waals surface area (Å²) in [6, 6.07) is 7.88. The zero-order valence-electron chi connectivity index (χ0n) is 12.7. The van der Waals surface area contributed by atoms with Gasteiger partial charge in [-0.25, -0.2) is 9.97 Å². The van der Waals surface area contributed by atoms with E-state index in [9.17, 15) is 0 Å². The van der Waals surface area contributed by atoms with Crippen LogP contribution in [0.5, 0.6) is 0 Å². The normalized spacial score (nSPS) is 11.3. The van der Waals surface area contributed by atoms with Gasteiger partial charge in [0.25, 0.3) is 0 Å². The number of nitrogens with two attached hydrogens (primary N) is 1. The maximum absolute atomic E-state index is 5.99. The van der Waals surface area contributed by atoms with Crippen molar-refractivity contribution >= 4 is 27.8 Å². The van der Waals surface area contributed by atoms with Crippen LogP contribution in [-0.2, 0) is 0 Å². The molecule has 0 radical (unpaired) electrons. The Labute approximate surface area is 129 Å². The van der Waals surface area contributed by atoms with Gasteiger partial charge in [-0.3, -0.25) is 0 Å². The molecule has 22 heavy (non-hydrogen) atoms. The smallest absolute Gasteiger partial charge is 0.152 e. The Morgan fingerprint density at radius 2 is 2.14 bits per heavy atom. The minimum Gasteiger partial charge on any atom is -0.412 e. The number of aromatic nitrogens is 3. The highest BCUT2D eigenvalue weighted by Gasteiger charge is 2.12. The lowest BCUT2D eigenvalue weighted by Gasteiger charge is -2.09. The quantitative estimate of drug-likeness (QED) is 0.652. The first-order valence-corrected chi connectivity index (χ1v) is 7.66. The van der Waals surface area contributed by atoms with Crippen molar-refractivity contribution in [2.24, 2.45) is 0 Å². The standard InChI is InChI=1S/C16H21N5O/c1-2-18-9-5-6-10-22-21-11-19-14-15(21)12-7-3-4-8-13(12)20-16(14)17/h3-4,7-8,11,18H,2,5-6,9-10H2,1H3,(H2,17,20). The molecule has 6 nitrogen and oxygen atoms in total. The molecule has 2 aromatic heterocycles. The molecule has 0 spiro atoms. The van der Waals surface area contributed by atoms with Gasteiger partial charge in [0.05, 0.1) is 5.52 Å². The summed E-state index contributed by atoms with van der Waals surface area (Å²) in [5.74, 6) is 0.434. The predicted octanol–water partition coefficient (Wildman–Crippen LogP) is 1.98. The number of imidazole rings is 1. The lowest BCUT2D eigenvalue weighted by Crippen LogP contribution is -2.17. The maximum atomic E-state index is 5.99. The van der Waals surface area contributed by atoms with E-state index in [0.717, 1.165) is 42.4 Å². The molecule has 0 aliphatic carbocycles. The molecule has 0 fully saturated rings. The second-order valence-corrected chi connectivity index (χ2v) is 5.18. The molecule has 0 unspecified atom stereocenters. The molecule has 3 aromatic rings. The Hall–Kier alpha value is -2.34. The molecule has 3 rings (SSSR count). The van der Waals surface area contributed by atoms with Crippen molar-refractivity contribution in [2.75, 3.05) is 25.4 Å². The van der Waals surface area contributed by atoms with E-state index in [2.05, 4.69) is 22.2 Å². The van der Waals surface area contributed by atoms with E-state index < -0.39 is 0 Å². The molecule has 0 atom stereocenters. The average Bonchev–Trinajstić information content (AvgIpc) is 2.96. The average molecular weight is 299 g/mol. The minimum absolute atomic E-state index is 0.434. The zero-order valence-corrected chi connectivity index (χ0v) is 12.7. The third kappa shape index (κ3) is 2.82. The van der Waals surface area contributed by atoms with Crippen LogP contribution in [0.3, 0.4) is 0 Å². The second kappa shape index (κ2) is 6.62. The minimum atomic E-state index is 0.434. The van der Waals surface area contributed by atoms with Crippen LogP contribution in [-0.4, -0.2) is 34.4 Å². The number of benzene rings is 1. The van der Waals surface area contributed by atoms with E-state index >= 15 is 0 Å². The van der Waals surface area contributed by atoms with Crippen molar-refractivity contribution in [3.63, 3.8) is 0 Å². The topological polar surface area (TPSA) is 78.0 Å². The summed E-state index contributed by atoms with van der Waals surface area (Å²) in [4.78, 5) is 14.6. The molecule has 0 amide bonds. The van der Waals surface area contributed by atoms with Gasteiger partial charge in [0.15, 0.2) is 5.82 Å². The van der Waals surface area contributed by atoms with Crippen LogP contribution in [0.15, 0.2) is 30.6 Å². The van der Waals surface area contributed by atoms with Crippen molar-refractivity contribution in [3.05, 3.63) is 30.6 Å². The summed E-state index contributed by atoms with van der Waals surface area (Å²) in [5.41, 5.74) is 8.42. The summed E-state index contributed by atoms with van der Waals surface area (Å²) in [6.45, 7) is 4.78. The van der Waals surface area contributed by atoms with Crippen LogP contribution in [0.25, 0.3) is 21.9 Å². The first kappa shape index (κ1) is 14.6. The Bertz CT molecular complexity index is 768. The van der Waals surface area contributed by atoms with E-state index in [-0.39, 0.29) is 0 Å². The van der Waals surface area contributed by atoms with Gasteiger partial charge in [-0.15, -0.1) is 0 Å². The molecular weight excluding hydrogens is 278 g/mol. The van der Waals surface area contributed by atoms with E-state index in [1.807, 2.05) is 24.3 Å². The highest BCUT2D eigenvalue weighted by molar-refractivity contribution is 6.06. The lowest BCUT2D eigenvalue weighted by atomic mass is 10.2. The SMILES string of the molecule is CCNCCCCOn1cnc2c(N)nc3ccccc3c21. The van der Waals surface area contributed by atoms with Gasteiger partial charge in [-0.05, 0) is 32.0 Å². The Balaban J connectivity index is 1.81. The van der Waals surface area contributed by atoms with Crippen LogP contribution < -0.4 is 15.9 Å². The first-order valence-electron chi connectivity index (χ1n) is 7.66. The summed E-state index contributed by atoms with van der Waals surface area (Å²) < 4.78 is 1.71. The largest absolute Gasteiger partial charge is 0.412 e. The predicted molar refractivity (Wildman–Crippen MR) is 88.7 cm³/mol. The summed E-state index contributed by atoms with van der Waals surface area (Å²) in [6.07, 6.45) is 3.75.